The Morgan fingerprint density at radius 1 is 1.16 bits per heavy atom. The third-order valence-electron chi connectivity index (χ3n) is 6.13. The number of hydrogen-bond acceptors (Lipinski definition) is 7. The molecule has 2 aromatic carbocycles. The van der Waals surface area contributed by atoms with Crippen LogP contribution < -0.4 is 10.6 Å². The van der Waals surface area contributed by atoms with Gasteiger partial charge in [-0.25, -0.2) is 9.59 Å². The van der Waals surface area contributed by atoms with E-state index in [1.165, 1.54) is 11.8 Å². The van der Waals surface area contributed by atoms with E-state index < -0.39 is 35.7 Å². The highest BCUT2D eigenvalue weighted by Crippen LogP contribution is 2.28. The van der Waals surface area contributed by atoms with Gasteiger partial charge in [0.15, 0.2) is 0 Å². The van der Waals surface area contributed by atoms with Gasteiger partial charge in [0.25, 0.3) is 5.91 Å². The summed E-state index contributed by atoms with van der Waals surface area (Å²) in [6.07, 6.45) is 1.54. The van der Waals surface area contributed by atoms with Crippen LogP contribution >= 0.6 is 11.8 Å². The summed E-state index contributed by atoms with van der Waals surface area (Å²) >= 11 is 1.52. The lowest BCUT2D eigenvalue weighted by Crippen LogP contribution is -2.42. The van der Waals surface area contributed by atoms with Crippen molar-refractivity contribution in [3.8, 4) is 11.1 Å². The van der Waals surface area contributed by atoms with E-state index in [9.17, 15) is 24.6 Å². The Balaban J connectivity index is 1.81. The van der Waals surface area contributed by atoms with Gasteiger partial charge >= 0.3 is 12.1 Å². The third kappa shape index (κ3) is 8.13. The summed E-state index contributed by atoms with van der Waals surface area (Å²) in [6, 6.07) is 13.4. The molecule has 2 amide bonds. The molecule has 0 radical (unpaired) electrons. The number of carboxylic acid groups (broad SMARTS) is 1. The Labute approximate surface area is 227 Å². The van der Waals surface area contributed by atoms with E-state index in [0.717, 1.165) is 11.3 Å². The number of aliphatic hydroxyl groups excluding tert-OH is 1. The Kier molecular flexibility index (Phi) is 10.0. The first-order valence-corrected chi connectivity index (χ1v) is 14.0. The summed E-state index contributed by atoms with van der Waals surface area (Å²) < 4.78 is 5.50. The van der Waals surface area contributed by atoms with Crippen LogP contribution in [0, 0.1) is 0 Å². The normalized spacial score (nSPS) is 18.1. The summed E-state index contributed by atoms with van der Waals surface area (Å²) in [7, 11) is 0. The molecule has 0 aliphatic carbocycles. The number of carbonyl (C=O) groups excluding carboxylic acids is 2. The monoisotopic (exact) mass is 543 g/mol. The number of nitrogens with zero attached hydrogens (tertiary/aromatic N) is 1. The molecule has 0 aromatic heterocycles. The lowest BCUT2D eigenvalue weighted by molar-refractivity contribution is -0.139. The second kappa shape index (κ2) is 13.0. The smallest absolute Gasteiger partial charge is 0.410 e. The van der Waals surface area contributed by atoms with E-state index in [1.807, 2.05) is 42.7 Å². The number of nitrogens with one attached hydrogen (secondary N) is 2. The Bertz CT molecular complexity index is 1120. The first kappa shape index (κ1) is 29.3. The minimum Gasteiger partial charge on any atom is -0.480 e. The lowest BCUT2D eigenvalue weighted by Gasteiger charge is -2.28. The molecule has 0 saturated carbocycles. The zero-order valence-corrected chi connectivity index (χ0v) is 23.1. The minimum absolute atomic E-state index is 0.205. The van der Waals surface area contributed by atoms with E-state index >= 15 is 0 Å². The van der Waals surface area contributed by atoms with Crippen LogP contribution in [0.2, 0.25) is 0 Å². The van der Waals surface area contributed by atoms with Crippen LogP contribution in [0.3, 0.4) is 0 Å². The molecule has 0 spiro atoms. The Morgan fingerprint density at radius 3 is 2.50 bits per heavy atom. The van der Waals surface area contributed by atoms with Gasteiger partial charge in [-0.05, 0) is 74.9 Å². The van der Waals surface area contributed by atoms with Gasteiger partial charge in [-0.1, -0.05) is 30.3 Å². The Hall–Kier alpha value is -3.24. The molecule has 1 fully saturated rings. The average molecular weight is 544 g/mol. The summed E-state index contributed by atoms with van der Waals surface area (Å²) in [4.78, 5) is 39.1. The first-order valence-electron chi connectivity index (χ1n) is 12.6. The van der Waals surface area contributed by atoms with Crippen molar-refractivity contribution in [1.29, 1.82) is 0 Å². The zero-order chi connectivity index (χ0) is 27.9. The van der Waals surface area contributed by atoms with Gasteiger partial charge in [0.1, 0.15) is 11.6 Å². The summed E-state index contributed by atoms with van der Waals surface area (Å²) in [5.74, 6) is -0.916. The fraction of sp³-hybridized carbons (Fsp3) is 0.464. The maximum atomic E-state index is 13.2. The molecule has 1 heterocycles. The molecule has 9 nitrogen and oxygen atoms in total. The zero-order valence-electron chi connectivity index (χ0n) is 22.3. The number of carbonyl (C=O) groups is 3. The number of likely N-dealkylation sites (tertiary alicyclic amines) is 1. The number of amides is 2. The molecule has 1 aliphatic heterocycles. The predicted molar refractivity (Wildman–Crippen MR) is 150 cm³/mol. The van der Waals surface area contributed by atoms with E-state index in [-0.39, 0.29) is 12.6 Å². The summed E-state index contributed by atoms with van der Waals surface area (Å²) in [5.41, 5.74) is 1.91. The van der Waals surface area contributed by atoms with Crippen LogP contribution in [0.4, 0.5) is 10.5 Å². The summed E-state index contributed by atoms with van der Waals surface area (Å²) in [6.45, 7) is 5.99. The average Bonchev–Trinajstić information content (AvgIpc) is 3.25. The van der Waals surface area contributed by atoms with Crippen LogP contribution in [0.25, 0.3) is 11.1 Å². The molecule has 0 unspecified atom stereocenters. The SMILES string of the molecule is CSCC[C@H](NC(=O)c1ccc(NC[C@@H]2C[C@@H](O)CN2C(=O)OC(C)(C)C)cc1-c1ccccc1)C(=O)O. The van der Waals surface area contributed by atoms with E-state index in [0.29, 0.717) is 36.3 Å². The van der Waals surface area contributed by atoms with Crippen molar-refractivity contribution < 1.29 is 29.3 Å². The molecule has 1 aliphatic rings. The van der Waals surface area contributed by atoms with Crippen LogP contribution in [0.5, 0.6) is 0 Å². The van der Waals surface area contributed by atoms with Gasteiger partial charge in [0.2, 0.25) is 0 Å². The molecular weight excluding hydrogens is 506 g/mol. The van der Waals surface area contributed by atoms with Gasteiger partial charge in [0, 0.05) is 17.8 Å². The van der Waals surface area contributed by atoms with E-state index in [1.54, 1.807) is 37.8 Å². The molecule has 38 heavy (non-hydrogen) atoms. The van der Waals surface area contributed by atoms with Crippen LogP contribution in [0.1, 0.15) is 44.0 Å². The largest absolute Gasteiger partial charge is 0.480 e. The maximum absolute atomic E-state index is 13.2. The fourth-order valence-corrected chi connectivity index (χ4v) is 4.77. The van der Waals surface area contributed by atoms with Crippen LogP contribution in [-0.2, 0) is 9.53 Å². The minimum atomic E-state index is -1.07. The molecule has 4 N–H and O–H groups in total. The van der Waals surface area contributed by atoms with Crippen molar-refractivity contribution in [1.82, 2.24) is 10.2 Å². The van der Waals surface area contributed by atoms with Gasteiger partial charge in [-0.15, -0.1) is 0 Å². The van der Waals surface area contributed by atoms with E-state index in [4.69, 9.17) is 4.74 Å². The maximum Gasteiger partial charge on any atom is 0.410 e. The van der Waals surface area contributed by atoms with Crippen molar-refractivity contribution in [3.05, 3.63) is 54.1 Å². The van der Waals surface area contributed by atoms with Gasteiger partial charge in [0.05, 0.1) is 18.7 Å². The molecule has 0 bridgehead atoms. The highest BCUT2D eigenvalue weighted by atomic mass is 32.2. The number of thioether (sulfide) groups is 1. The number of ether oxygens (including phenoxy) is 1. The van der Waals surface area contributed by atoms with Crippen LogP contribution in [-0.4, -0.2) is 82.0 Å². The fourth-order valence-electron chi connectivity index (χ4n) is 4.30. The summed E-state index contributed by atoms with van der Waals surface area (Å²) in [5, 5.41) is 25.7. The number of benzene rings is 2. The van der Waals surface area contributed by atoms with Gasteiger partial charge < -0.3 is 30.5 Å². The Morgan fingerprint density at radius 2 is 1.87 bits per heavy atom. The number of aliphatic carboxylic acids is 1. The second-order valence-corrected chi connectivity index (χ2v) is 11.3. The second-order valence-electron chi connectivity index (χ2n) is 10.3. The molecule has 2 aromatic rings. The number of rotatable bonds is 10. The molecule has 1 saturated heterocycles. The van der Waals surface area contributed by atoms with Crippen molar-refractivity contribution in [2.24, 2.45) is 0 Å². The van der Waals surface area contributed by atoms with E-state index in [2.05, 4.69) is 10.6 Å². The number of hydrogen-bond donors (Lipinski definition) is 4. The highest BCUT2D eigenvalue weighted by molar-refractivity contribution is 7.98. The number of β-amino-alcohol motifs (C(OH)–C–C–N with tert-alkyl or cyclic N) is 1. The molecule has 3 rings (SSSR count). The van der Waals surface area contributed by atoms with Crippen molar-refractivity contribution in [2.45, 2.75) is 57.4 Å². The number of aliphatic hydroxyl groups is 1. The van der Waals surface area contributed by atoms with Gasteiger partial charge in [-0.3, -0.25) is 4.79 Å². The number of anilines is 1. The predicted octanol–water partition coefficient (Wildman–Crippen LogP) is 4.07. The highest BCUT2D eigenvalue weighted by Gasteiger charge is 2.36. The molecule has 206 valence electrons. The third-order valence-corrected chi connectivity index (χ3v) is 6.77. The van der Waals surface area contributed by atoms with Gasteiger partial charge in [-0.2, -0.15) is 11.8 Å². The van der Waals surface area contributed by atoms with Crippen LogP contribution in [0.15, 0.2) is 48.5 Å². The van der Waals surface area contributed by atoms with Crippen molar-refractivity contribution >= 4 is 35.4 Å². The molecule has 3 atom stereocenters. The lowest BCUT2D eigenvalue weighted by atomic mass is 9.98. The first-order chi connectivity index (χ1) is 18.0. The molecular formula is C28H37N3O6S. The molecule has 10 heteroatoms. The van der Waals surface area contributed by atoms with Crippen molar-refractivity contribution in [2.75, 3.05) is 30.4 Å². The topological polar surface area (TPSA) is 128 Å². The number of carboxylic acids is 1. The van der Waals surface area contributed by atoms with Crippen molar-refractivity contribution in [3.63, 3.8) is 0 Å². The quantitative estimate of drug-likeness (QED) is 0.353. The standard InChI is InChI=1S/C28H37N3O6S/c1-28(2,3)37-27(36)31-17-21(32)15-20(31)16-29-19-10-11-22(23(14-19)18-8-6-5-7-9-18)25(33)30-24(26(34)35)12-13-38-4/h5-11,14,20-21,24,29,32H,12-13,15-17H2,1-4H3,(H,30,33)(H,34,35)/t20-,21+,24-/m0/s1.